The number of hydrogen-bond acceptors (Lipinski definition) is 6. The Morgan fingerprint density at radius 2 is 0.487 bits per heavy atom. The van der Waals surface area contributed by atoms with Crippen molar-refractivity contribution in [3.05, 3.63) is 122 Å². The van der Waals surface area contributed by atoms with Crippen LogP contribution >= 0.6 is 0 Å². The number of ether oxygens (including phenoxy) is 3. The van der Waals surface area contributed by atoms with Gasteiger partial charge in [-0.1, -0.05) is 303 Å². The smallest absolute Gasteiger partial charge is 0.306 e. The maximum absolute atomic E-state index is 12.9. The summed E-state index contributed by atoms with van der Waals surface area (Å²) in [5, 5.41) is 0. The summed E-state index contributed by atoms with van der Waals surface area (Å²) >= 11 is 0. The third-order valence-corrected chi connectivity index (χ3v) is 14.2. The van der Waals surface area contributed by atoms with Crippen LogP contribution in [0.5, 0.6) is 0 Å². The molecule has 0 spiro atoms. The molecule has 0 aromatic heterocycles. The fourth-order valence-corrected chi connectivity index (χ4v) is 9.26. The third-order valence-electron chi connectivity index (χ3n) is 14.2. The number of carbonyl (C=O) groups is 3. The lowest BCUT2D eigenvalue weighted by Crippen LogP contribution is -2.30. The van der Waals surface area contributed by atoms with Crippen LogP contribution < -0.4 is 0 Å². The Kier molecular flexibility index (Phi) is 63.8. The number of unbranched alkanes of at least 4 members (excludes halogenated alkanes) is 29. The van der Waals surface area contributed by atoms with Gasteiger partial charge in [0.25, 0.3) is 0 Å². The van der Waals surface area contributed by atoms with Crippen molar-refractivity contribution >= 4 is 17.9 Å². The lowest BCUT2D eigenvalue weighted by molar-refractivity contribution is -0.167. The molecule has 456 valence electrons. The van der Waals surface area contributed by atoms with Gasteiger partial charge in [0.2, 0.25) is 0 Å². The van der Waals surface area contributed by atoms with Gasteiger partial charge in [0.15, 0.2) is 6.10 Å². The molecule has 0 aliphatic carbocycles. The van der Waals surface area contributed by atoms with Crippen molar-refractivity contribution in [3.8, 4) is 0 Å². The van der Waals surface area contributed by atoms with E-state index >= 15 is 0 Å². The van der Waals surface area contributed by atoms with Crippen molar-refractivity contribution in [2.24, 2.45) is 0 Å². The van der Waals surface area contributed by atoms with Crippen molar-refractivity contribution in [3.63, 3.8) is 0 Å². The Morgan fingerprint density at radius 1 is 0.263 bits per heavy atom. The lowest BCUT2D eigenvalue weighted by atomic mass is 10.0. The van der Waals surface area contributed by atoms with Gasteiger partial charge in [-0.05, 0) is 109 Å². The van der Waals surface area contributed by atoms with E-state index in [-0.39, 0.29) is 31.1 Å². The van der Waals surface area contributed by atoms with Crippen molar-refractivity contribution in [1.29, 1.82) is 0 Å². The summed E-state index contributed by atoms with van der Waals surface area (Å²) in [6, 6.07) is 0. The van der Waals surface area contributed by atoms with E-state index < -0.39 is 6.10 Å². The zero-order chi connectivity index (χ0) is 57.8. The predicted molar refractivity (Wildman–Crippen MR) is 348 cm³/mol. The summed E-state index contributed by atoms with van der Waals surface area (Å²) in [5.74, 6) is -0.921. The van der Waals surface area contributed by atoms with E-state index in [2.05, 4.69) is 142 Å². The third kappa shape index (κ3) is 64.6. The molecule has 0 radical (unpaired) electrons. The van der Waals surface area contributed by atoms with Crippen molar-refractivity contribution in [1.82, 2.24) is 0 Å². The number of hydrogen-bond donors (Lipinski definition) is 0. The normalized spacial score (nSPS) is 12.9. The van der Waals surface area contributed by atoms with E-state index in [1.165, 1.54) is 109 Å². The SMILES string of the molecule is CC/C=C\C/C=C\C/C=C\C/C=C\C/C=C\CCCCCCCC(=O)OCC(COC(=O)CCCCCCCCCCCCCCCCCCCCCC)OC(=O)CCCCCCC/C=C\C/C=C\C/C=C\C/C=C\C/C=C\CC. The first-order valence-electron chi connectivity index (χ1n) is 33.5. The van der Waals surface area contributed by atoms with Crippen LogP contribution in [0.4, 0.5) is 0 Å². The second-order valence-electron chi connectivity index (χ2n) is 22.0. The van der Waals surface area contributed by atoms with E-state index in [9.17, 15) is 14.4 Å². The molecule has 0 N–H and O–H groups in total. The van der Waals surface area contributed by atoms with E-state index in [4.69, 9.17) is 14.2 Å². The molecule has 6 heteroatoms. The first-order valence-corrected chi connectivity index (χ1v) is 33.5. The van der Waals surface area contributed by atoms with Gasteiger partial charge in [-0.15, -0.1) is 0 Å². The molecule has 6 nitrogen and oxygen atoms in total. The number of esters is 3. The summed E-state index contributed by atoms with van der Waals surface area (Å²) in [6.45, 7) is 6.41. The fourth-order valence-electron chi connectivity index (χ4n) is 9.26. The molecular weight excluding hydrogens is 985 g/mol. The summed E-state index contributed by atoms with van der Waals surface area (Å²) in [6.07, 6.45) is 93.4. The number of carbonyl (C=O) groups excluding carboxylic acids is 3. The van der Waals surface area contributed by atoms with Gasteiger partial charge < -0.3 is 14.2 Å². The average molecular weight is 1110 g/mol. The van der Waals surface area contributed by atoms with Gasteiger partial charge in [0, 0.05) is 19.3 Å². The number of allylic oxidation sites excluding steroid dienone is 20. The number of rotatable bonds is 60. The van der Waals surface area contributed by atoms with Gasteiger partial charge in [-0.3, -0.25) is 14.4 Å². The molecule has 1 unspecified atom stereocenters. The van der Waals surface area contributed by atoms with Crippen LogP contribution in [-0.2, 0) is 28.6 Å². The molecule has 0 aromatic rings. The van der Waals surface area contributed by atoms with Crippen LogP contribution in [-0.4, -0.2) is 37.2 Å². The first kappa shape index (κ1) is 75.8. The molecule has 0 rings (SSSR count). The second kappa shape index (κ2) is 67.3. The van der Waals surface area contributed by atoms with Crippen LogP contribution in [0.3, 0.4) is 0 Å². The second-order valence-corrected chi connectivity index (χ2v) is 22.0. The summed E-state index contributed by atoms with van der Waals surface area (Å²) in [4.78, 5) is 38.4. The zero-order valence-corrected chi connectivity index (χ0v) is 52.3. The Balaban J connectivity index is 4.46. The predicted octanol–water partition coefficient (Wildman–Crippen LogP) is 23.2. The molecule has 0 saturated heterocycles. The van der Waals surface area contributed by atoms with Gasteiger partial charge in [-0.2, -0.15) is 0 Å². The largest absolute Gasteiger partial charge is 0.462 e. The standard InChI is InChI=1S/C74H124O6/c1-4-7-10-13-16-19-22-25-28-31-34-37-40-43-46-49-52-55-58-61-64-67-73(76)79-70-71(69-78-72(75)66-63-60-57-54-51-48-45-42-39-36-33-30-27-24-21-18-15-12-9-6-3)80-74(77)68-65-62-59-56-53-50-47-44-41-38-35-32-29-26-23-20-17-14-11-8-5-2/h7-8,10-11,16-17,19-20,25-26,28-29,34-35,37-38,43-44,46-47,71H,4-6,9,12-15,18,21-24,27,30-33,36,39-42,45,48-70H2,1-3H3/b10-7-,11-8-,19-16-,20-17-,28-25-,29-26-,37-34-,38-35-,46-43-,47-44-. The van der Waals surface area contributed by atoms with Crippen LogP contribution in [0.2, 0.25) is 0 Å². The fraction of sp³-hybridized carbons (Fsp3) is 0.689. The van der Waals surface area contributed by atoms with Crippen molar-refractivity contribution < 1.29 is 28.6 Å². The average Bonchev–Trinajstić information content (AvgIpc) is 3.46. The Morgan fingerprint density at radius 3 is 0.762 bits per heavy atom. The monoisotopic (exact) mass is 1110 g/mol. The van der Waals surface area contributed by atoms with Crippen molar-refractivity contribution in [2.75, 3.05) is 13.2 Å². The minimum Gasteiger partial charge on any atom is -0.462 e. The molecular formula is C74H124O6. The molecule has 80 heavy (non-hydrogen) atoms. The highest BCUT2D eigenvalue weighted by Crippen LogP contribution is 2.17. The molecule has 0 heterocycles. The zero-order valence-electron chi connectivity index (χ0n) is 52.3. The first-order chi connectivity index (χ1) is 39.5. The van der Waals surface area contributed by atoms with Gasteiger partial charge in [0.1, 0.15) is 13.2 Å². The van der Waals surface area contributed by atoms with E-state index in [1.807, 2.05) is 0 Å². The highest BCUT2D eigenvalue weighted by atomic mass is 16.6. The van der Waals surface area contributed by atoms with E-state index in [1.54, 1.807) is 0 Å². The van der Waals surface area contributed by atoms with Crippen LogP contribution in [0.1, 0.15) is 310 Å². The lowest BCUT2D eigenvalue weighted by Gasteiger charge is -2.18. The van der Waals surface area contributed by atoms with Gasteiger partial charge in [0.05, 0.1) is 0 Å². The Labute approximate surface area is 494 Å². The molecule has 0 aliphatic rings. The van der Waals surface area contributed by atoms with Gasteiger partial charge >= 0.3 is 17.9 Å². The Hall–Kier alpha value is -4.19. The summed E-state index contributed by atoms with van der Waals surface area (Å²) < 4.78 is 17.0. The van der Waals surface area contributed by atoms with Crippen LogP contribution in [0, 0.1) is 0 Å². The molecule has 0 amide bonds. The minimum absolute atomic E-state index is 0.0925. The van der Waals surface area contributed by atoms with Crippen LogP contribution in [0.15, 0.2) is 122 Å². The maximum atomic E-state index is 12.9. The topological polar surface area (TPSA) is 78.9 Å². The summed E-state index contributed by atoms with van der Waals surface area (Å²) in [5.41, 5.74) is 0. The quantitative estimate of drug-likeness (QED) is 0.0261. The highest BCUT2D eigenvalue weighted by Gasteiger charge is 2.19. The Bertz CT molecular complexity index is 1650. The van der Waals surface area contributed by atoms with E-state index in [0.717, 1.165) is 161 Å². The molecule has 0 fully saturated rings. The molecule has 1 atom stereocenters. The molecule has 0 aliphatic heterocycles. The highest BCUT2D eigenvalue weighted by molar-refractivity contribution is 5.71. The summed E-state index contributed by atoms with van der Waals surface area (Å²) in [7, 11) is 0. The van der Waals surface area contributed by atoms with Crippen molar-refractivity contribution in [2.45, 2.75) is 316 Å². The van der Waals surface area contributed by atoms with Gasteiger partial charge in [-0.25, -0.2) is 0 Å². The minimum atomic E-state index is -0.801. The molecule has 0 aromatic carbocycles. The maximum Gasteiger partial charge on any atom is 0.306 e. The molecule has 0 saturated carbocycles. The molecule has 0 bridgehead atoms. The van der Waals surface area contributed by atoms with E-state index in [0.29, 0.717) is 19.3 Å². The van der Waals surface area contributed by atoms with Crippen LogP contribution in [0.25, 0.3) is 0 Å².